The van der Waals surface area contributed by atoms with Gasteiger partial charge in [0.25, 0.3) is 0 Å². The zero-order valence-corrected chi connectivity index (χ0v) is 13.3. The highest BCUT2D eigenvalue weighted by Crippen LogP contribution is 2.17. The fourth-order valence-electron chi connectivity index (χ4n) is 2.01. The van der Waals surface area contributed by atoms with E-state index < -0.39 is 5.97 Å². The number of nitrogens with one attached hydrogen (secondary N) is 2. The minimum atomic E-state index is -0.959. The second-order valence-electron chi connectivity index (χ2n) is 5.38. The number of hydrogen-bond donors (Lipinski definition) is 3. The van der Waals surface area contributed by atoms with Crippen molar-refractivity contribution in [1.29, 1.82) is 0 Å². The van der Waals surface area contributed by atoms with Crippen molar-refractivity contribution in [3.05, 3.63) is 42.2 Å². The Bertz CT molecular complexity index is 660. The van der Waals surface area contributed by atoms with Crippen molar-refractivity contribution in [2.24, 2.45) is 0 Å². The van der Waals surface area contributed by atoms with Crippen LogP contribution in [0.4, 0.5) is 17.3 Å². The van der Waals surface area contributed by atoms with E-state index in [1.165, 1.54) is 6.33 Å². The van der Waals surface area contributed by atoms with Gasteiger partial charge >= 0.3 is 5.97 Å². The van der Waals surface area contributed by atoms with Gasteiger partial charge < -0.3 is 20.6 Å². The smallest absolute Gasteiger partial charge is 0.335 e. The largest absolute Gasteiger partial charge is 0.478 e. The summed E-state index contributed by atoms with van der Waals surface area (Å²) in [5.74, 6) is 0.382. The van der Waals surface area contributed by atoms with Crippen molar-refractivity contribution in [3.8, 4) is 0 Å². The predicted molar refractivity (Wildman–Crippen MR) is 90.4 cm³/mol. The number of nitrogens with zero attached hydrogens (tertiary/aromatic N) is 3. The van der Waals surface area contributed by atoms with E-state index in [0.29, 0.717) is 11.5 Å². The first kappa shape index (κ1) is 16.7. The Hall–Kier alpha value is -2.67. The molecular weight excluding hydrogens is 294 g/mol. The summed E-state index contributed by atoms with van der Waals surface area (Å²) in [4.78, 5) is 21.4. The summed E-state index contributed by atoms with van der Waals surface area (Å²) >= 11 is 0. The number of rotatable bonds is 8. The first-order valence-electron chi connectivity index (χ1n) is 7.35. The molecule has 1 aromatic carbocycles. The number of carbonyl (C=O) groups is 1. The van der Waals surface area contributed by atoms with Crippen molar-refractivity contribution in [3.63, 3.8) is 0 Å². The first-order valence-corrected chi connectivity index (χ1v) is 7.35. The molecule has 2 aromatic rings. The van der Waals surface area contributed by atoms with Crippen LogP contribution in [0.15, 0.2) is 36.7 Å². The maximum atomic E-state index is 11.0. The van der Waals surface area contributed by atoms with E-state index in [-0.39, 0.29) is 5.56 Å². The molecule has 23 heavy (non-hydrogen) atoms. The van der Waals surface area contributed by atoms with Crippen molar-refractivity contribution < 1.29 is 9.90 Å². The van der Waals surface area contributed by atoms with Gasteiger partial charge in [-0.25, -0.2) is 14.8 Å². The van der Waals surface area contributed by atoms with E-state index >= 15 is 0 Å². The average molecular weight is 315 g/mol. The molecule has 1 heterocycles. The summed E-state index contributed by atoms with van der Waals surface area (Å²) in [7, 11) is 4.08. The van der Waals surface area contributed by atoms with Gasteiger partial charge in [-0.3, -0.25) is 0 Å². The van der Waals surface area contributed by atoms with Crippen LogP contribution in [0, 0.1) is 0 Å². The van der Waals surface area contributed by atoms with Crippen LogP contribution >= 0.6 is 0 Å². The van der Waals surface area contributed by atoms with E-state index in [2.05, 4.69) is 25.5 Å². The van der Waals surface area contributed by atoms with Crippen LogP contribution in [0.5, 0.6) is 0 Å². The lowest BCUT2D eigenvalue weighted by molar-refractivity contribution is 0.0697. The molecule has 1 aromatic heterocycles. The summed E-state index contributed by atoms with van der Waals surface area (Å²) in [5, 5.41) is 15.3. The van der Waals surface area contributed by atoms with Crippen molar-refractivity contribution in [2.75, 3.05) is 37.8 Å². The second-order valence-corrected chi connectivity index (χ2v) is 5.38. The van der Waals surface area contributed by atoms with E-state index in [1.54, 1.807) is 30.3 Å². The standard InChI is InChI=1S/C16H21N5O2/c1-21(2)8-4-7-17-14-10-15(19-11-18-14)20-13-6-3-5-12(9-13)16(22)23/h3,5-6,9-11H,4,7-8H2,1-2H3,(H,22,23)(H2,17,18,19,20). The van der Waals surface area contributed by atoms with Crippen molar-refractivity contribution in [1.82, 2.24) is 14.9 Å². The van der Waals surface area contributed by atoms with Crippen LogP contribution < -0.4 is 10.6 Å². The highest BCUT2D eigenvalue weighted by Gasteiger charge is 2.04. The third-order valence-electron chi connectivity index (χ3n) is 3.14. The molecule has 0 atom stereocenters. The summed E-state index contributed by atoms with van der Waals surface area (Å²) in [6, 6.07) is 8.38. The van der Waals surface area contributed by atoms with Crippen LogP contribution in [0.1, 0.15) is 16.8 Å². The van der Waals surface area contributed by atoms with Gasteiger partial charge in [-0.15, -0.1) is 0 Å². The average Bonchev–Trinajstić information content (AvgIpc) is 2.52. The fraction of sp³-hybridized carbons (Fsp3) is 0.312. The lowest BCUT2D eigenvalue weighted by Crippen LogP contribution is -2.16. The third-order valence-corrected chi connectivity index (χ3v) is 3.14. The summed E-state index contributed by atoms with van der Waals surface area (Å²) < 4.78 is 0. The molecule has 2 rings (SSSR count). The summed E-state index contributed by atoms with van der Waals surface area (Å²) in [5.41, 5.74) is 0.897. The first-order chi connectivity index (χ1) is 11.0. The Morgan fingerprint density at radius 1 is 1.22 bits per heavy atom. The molecule has 0 aliphatic rings. The third kappa shape index (κ3) is 5.55. The Labute approximate surface area is 135 Å². The summed E-state index contributed by atoms with van der Waals surface area (Å²) in [6.45, 7) is 1.83. The SMILES string of the molecule is CN(C)CCCNc1cc(Nc2cccc(C(=O)O)c2)ncn1. The minimum Gasteiger partial charge on any atom is -0.478 e. The molecule has 0 bridgehead atoms. The fourth-order valence-corrected chi connectivity index (χ4v) is 2.01. The van der Waals surface area contributed by atoms with Gasteiger partial charge in [0.2, 0.25) is 0 Å². The molecule has 122 valence electrons. The Morgan fingerprint density at radius 2 is 2.00 bits per heavy atom. The minimum absolute atomic E-state index is 0.228. The molecule has 7 heteroatoms. The molecule has 0 aliphatic heterocycles. The number of hydrogen-bond acceptors (Lipinski definition) is 6. The predicted octanol–water partition coefficient (Wildman–Crippen LogP) is 2.28. The Kier molecular flexibility index (Phi) is 5.87. The number of anilines is 3. The van der Waals surface area contributed by atoms with Gasteiger partial charge in [0, 0.05) is 18.3 Å². The maximum Gasteiger partial charge on any atom is 0.335 e. The molecule has 0 amide bonds. The number of carboxylic acids is 1. The normalized spacial score (nSPS) is 10.6. The van der Waals surface area contributed by atoms with Gasteiger partial charge in [-0.05, 0) is 45.3 Å². The molecule has 0 fully saturated rings. The quantitative estimate of drug-likeness (QED) is 0.644. The number of carboxylic acid groups (broad SMARTS) is 1. The molecule has 7 nitrogen and oxygen atoms in total. The molecule has 0 saturated heterocycles. The lowest BCUT2D eigenvalue weighted by atomic mass is 10.2. The van der Waals surface area contributed by atoms with E-state index in [0.717, 1.165) is 25.3 Å². The summed E-state index contributed by atoms with van der Waals surface area (Å²) in [6.07, 6.45) is 2.48. The lowest BCUT2D eigenvalue weighted by Gasteiger charge is -2.11. The van der Waals surface area contributed by atoms with Gasteiger partial charge in [0.15, 0.2) is 0 Å². The van der Waals surface area contributed by atoms with Gasteiger partial charge in [-0.1, -0.05) is 6.07 Å². The van der Waals surface area contributed by atoms with Crippen LogP contribution in [0.3, 0.4) is 0 Å². The highest BCUT2D eigenvalue weighted by molar-refractivity contribution is 5.89. The molecule has 0 unspecified atom stereocenters. The number of benzene rings is 1. The van der Waals surface area contributed by atoms with Gasteiger partial charge in [0.05, 0.1) is 5.56 Å². The van der Waals surface area contributed by atoms with Crippen molar-refractivity contribution in [2.45, 2.75) is 6.42 Å². The van der Waals surface area contributed by atoms with Crippen LogP contribution in [-0.4, -0.2) is 53.1 Å². The zero-order chi connectivity index (χ0) is 16.7. The van der Waals surface area contributed by atoms with Crippen LogP contribution in [0.25, 0.3) is 0 Å². The second kappa shape index (κ2) is 8.09. The monoisotopic (exact) mass is 315 g/mol. The molecule has 0 radical (unpaired) electrons. The Morgan fingerprint density at radius 3 is 2.74 bits per heavy atom. The van der Waals surface area contributed by atoms with Crippen LogP contribution in [-0.2, 0) is 0 Å². The zero-order valence-electron chi connectivity index (χ0n) is 13.3. The molecule has 3 N–H and O–H groups in total. The van der Waals surface area contributed by atoms with Gasteiger partial charge in [-0.2, -0.15) is 0 Å². The maximum absolute atomic E-state index is 11.0. The number of aromatic nitrogens is 2. The molecular formula is C16H21N5O2. The van der Waals surface area contributed by atoms with Gasteiger partial charge in [0.1, 0.15) is 18.0 Å². The van der Waals surface area contributed by atoms with E-state index in [1.807, 2.05) is 14.1 Å². The van der Waals surface area contributed by atoms with Crippen molar-refractivity contribution >= 4 is 23.3 Å². The molecule has 0 saturated carbocycles. The molecule has 0 aliphatic carbocycles. The van der Waals surface area contributed by atoms with E-state index in [9.17, 15) is 4.79 Å². The van der Waals surface area contributed by atoms with E-state index in [4.69, 9.17) is 5.11 Å². The highest BCUT2D eigenvalue weighted by atomic mass is 16.4. The number of aromatic carboxylic acids is 1. The Balaban J connectivity index is 1.97. The van der Waals surface area contributed by atoms with Crippen LogP contribution in [0.2, 0.25) is 0 Å². The topological polar surface area (TPSA) is 90.4 Å². The molecule has 0 spiro atoms.